The van der Waals surface area contributed by atoms with Crippen LogP contribution in [0.3, 0.4) is 0 Å². The number of piperidine rings is 1. The molecule has 2 aromatic heterocycles. The van der Waals surface area contributed by atoms with E-state index in [0.29, 0.717) is 4.96 Å². The molecule has 3 aromatic rings. The molecule has 0 unspecified atom stereocenters. The topological polar surface area (TPSA) is 96.8 Å². The molecule has 1 amide bonds. The zero-order valence-electron chi connectivity index (χ0n) is 16.1. The lowest BCUT2D eigenvalue weighted by molar-refractivity contribution is -0.123. The van der Waals surface area contributed by atoms with Crippen LogP contribution in [0.25, 0.3) is 4.96 Å². The number of carbonyl (C=O) groups excluding carboxylic acids is 1. The van der Waals surface area contributed by atoms with Gasteiger partial charge in [0.1, 0.15) is 0 Å². The van der Waals surface area contributed by atoms with Crippen LogP contribution >= 0.6 is 11.3 Å². The van der Waals surface area contributed by atoms with Crippen LogP contribution in [-0.4, -0.2) is 43.6 Å². The lowest BCUT2D eigenvalue weighted by atomic mass is 9.93. The molecule has 4 rings (SSSR count). The molecule has 0 bridgehead atoms. The Balaban J connectivity index is 1.73. The number of amides is 1. The Labute approximate surface area is 167 Å². The number of nitrogens with two attached hydrogens (primary N) is 1. The van der Waals surface area contributed by atoms with Gasteiger partial charge >= 0.3 is 0 Å². The van der Waals surface area contributed by atoms with Crippen molar-refractivity contribution < 1.29 is 9.90 Å². The zero-order valence-corrected chi connectivity index (χ0v) is 16.9. The second-order valence-electron chi connectivity index (χ2n) is 7.39. The quantitative estimate of drug-likeness (QED) is 0.687. The maximum absolute atomic E-state index is 11.6. The van der Waals surface area contributed by atoms with Crippen LogP contribution in [0.15, 0.2) is 24.3 Å². The van der Waals surface area contributed by atoms with Crippen molar-refractivity contribution in [2.75, 3.05) is 13.1 Å². The molecule has 1 aliphatic heterocycles. The monoisotopic (exact) mass is 399 g/mol. The highest BCUT2D eigenvalue weighted by Crippen LogP contribution is 2.41. The summed E-state index contributed by atoms with van der Waals surface area (Å²) in [5.74, 6) is 0.579. The molecular formula is C20H25N5O2S. The van der Waals surface area contributed by atoms with E-state index in [2.05, 4.69) is 46.2 Å². The van der Waals surface area contributed by atoms with Gasteiger partial charge < -0.3 is 10.8 Å². The van der Waals surface area contributed by atoms with E-state index in [1.165, 1.54) is 21.4 Å². The fourth-order valence-corrected chi connectivity index (χ4v) is 4.97. The van der Waals surface area contributed by atoms with Gasteiger partial charge in [-0.05, 0) is 38.4 Å². The van der Waals surface area contributed by atoms with Gasteiger partial charge in [-0.15, -0.1) is 5.10 Å². The first kappa shape index (κ1) is 18.9. The fraction of sp³-hybridized carbons (Fsp3) is 0.450. The number of aryl methyl sites for hydroxylation is 2. The van der Waals surface area contributed by atoms with Crippen molar-refractivity contribution >= 4 is 22.2 Å². The van der Waals surface area contributed by atoms with Crippen LogP contribution in [0.2, 0.25) is 0 Å². The number of thiazole rings is 1. The predicted molar refractivity (Wildman–Crippen MR) is 108 cm³/mol. The summed E-state index contributed by atoms with van der Waals surface area (Å²) in [7, 11) is 0. The summed E-state index contributed by atoms with van der Waals surface area (Å²) in [4.78, 5) is 19.9. The predicted octanol–water partition coefficient (Wildman–Crippen LogP) is 2.65. The van der Waals surface area contributed by atoms with Gasteiger partial charge in [0.05, 0.1) is 10.9 Å². The Morgan fingerprint density at radius 3 is 2.57 bits per heavy atom. The molecule has 7 nitrogen and oxygen atoms in total. The molecule has 1 fully saturated rings. The smallest absolute Gasteiger partial charge is 0.230 e. The van der Waals surface area contributed by atoms with E-state index in [1.807, 2.05) is 6.92 Å². The first-order valence-corrected chi connectivity index (χ1v) is 10.5. The third-order valence-electron chi connectivity index (χ3n) is 5.50. The largest absolute Gasteiger partial charge is 0.492 e. The summed E-state index contributed by atoms with van der Waals surface area (Å²) >= 11 is 1.47. The molecule has 0 saturated carbocycles. The number of likely N-dealkylation sites (tertiary alicyclic amines) is 1. The van der Waals surface area contributed by atoms with E-state index < -0.39 is 0 Å². The molecular weight excluding hydrogens is 374 g/mol. The molecule has 148 valence electrons. The number of primary amides is 1. The van der Waals surface area contributed by atoms with Gasteiger partial charge in [0, 0.05) is 12.3 Å². The normalized spacial score (nSPS) is 17.2. The highest BCUT2D eigenvalue weighted by molar-refractivity contribution is 7.17. The Hall–Kier alpha value is -2.45. The minimum atomic E-state index is -0.222. The lowest BCUT2D eigenvalue weighted by Gasteiger charge is -2.36. The molecule has 28 heavy (non-hydrogen) atoms. The highest BCUT2D eigenvalue weighted by atomic mass is 32.1. The van der Waals surface area contributed by atoms with Gasteiger partial charge in [-0.1, -0.05) is 48.1 Å². The van der Waals surface area contributed by atoms with Crippen LogP contribution in [0.5, 0.6) is 5.88 Å². The van der Waals surface area contributed by atoms with E-state index >= 15 is 0 Å². The van der Waals surface area contributed by atoms with Crippen LogP contribution in [0.4, 0.5) is 0 Å². The summed E-state index contributed by atoms with van der Waals surface area (Å²) in [6, 6.07) is 8.27. The van der Waals surface area contributed by atoms with Crippen molar-refractivity contribution in [3.63, 3.8) is 0 Å². The summed E-state index contributed by atoms with van der Waals surface area (Å²) in [5, 5.41) is 15.3. The first-order valence-electron chi connectivity index (χ1n) is 9.65. The number of nitrogens with zero attached hydrogens (tertiary/aromatic N) is 4. The number of benzene rings is 1. The number of aromatic nitrogens is 3. The van der Waals surface area contributed by atoms with Crippen molar-refractivity contribution in [3.8, 4) is 5.88 Å². The molecule has 8 heteroatoms. The van der Waals surface area contributed by atoms with Gasteiger partial charge in [-0.2, -0.15) is 4.52 Å². The average Bonchev–Trinajstić information content (AvgIpc) is 3.23. The number of carbonyl (C=O) groups is 1. The minimum absolute atomic E-state index is 0.0713. The molecule has 1 aromatic carbocycles. The fourth-order valence-electron chi connectivity index (χ4n) is 3.84. The number of hydrogen-bond acceptors (Lipinski definition) is 6. The third kappa shape index (κ3) is 3.38. The standard InChI is InChI=1S/C20H25N5O2S/c1-3-15-22-20-25(23-15)19(27)17(28-20)16(13-6-4-12(2)5-7-13)24-10-8-14(9-11-24)18(21)26/h4-7,14,16,27H,3,8-11H2,1-2H3,(H2,21,26)/t16-/m0/s1. The van der Waals surface area contributed by atoms with Crippen molar-refractivity contribution in [2.24, 2.45) is 11.7 Å². The Morgan fingerprint density at radius 2 is 2.00 bits per heavy atom. The second-order valence-corrected chi connectivity index (χ2v) is 8.40. The van der Waals surface area contributed by atoms with Crippen molar-refractivity contribution in [1.29, 1.82) is 0 Å². The zero-order chi connectivity index (χ0) is 19.8. The van der Waals surface area contributed by atoms with Gasteiger partial charge in [0.2, 0.25) is 16.7 Å². The maximum Gasteiger partial charge on any atom is 0.230 e. The molecule has 3 heterocycles. The summed E-state index contributed by atoms with van der Waals surface area (Å²) in [6.07, 6.45) is 2.20. The van der Waals surface area contributed by atoms with E-state index in [1.54, 1.807) is 0 Å². The Bertz CT molecular complexity index is 986. The lowest BCUT2D eigenvalue weighted by Crippen LogP contribution is -2.40. The van der Waals surface area contributed by atoms with Crippen LogP contribution < -0.4 is 5.73 Å². The SMILES string of the molecule is CCc1nc2sc([C@H](c3ccc(C)cc3)N3CCC(C(N)=O)CC3)c(O)n2n1. The third-order valence-corrected chi connectivity index (χ3v) is 6.57. The Morgan fingerprint density at radius 1 is 1.32 bits per heavy atom. The summed E-state index contributed by atoms with van der Waals surface area (Å²) in [6.45, 7) is 5.55. The maximum atomic E-state index is 11.6. The van der Waals surface area contributed by atoms with Crippen LogP contribution in [0.1, 0.15) is 47.6 Å². The number of fused-ring (bicyclic) bond motifs is 1. The second kappa shape index (κ2) is 7.52. The summed E-state index contributed by atoms with van der Waals surface area (Å²) < 4.78 is 1.54. The molecule has 3 N–H and O–H groups in total. The minimum Gasteiger partial charge on any atom is -0.492 e. The Kier molecular flexibility index (Phi) is 5.07. The van der Waals surface area contributed by atoms with Gasteiger partial charge in [0.15, 0.2) is 5.82 Å². The average molecular weight is 400 g/mol. The molecule has 1 saturated heterocycles. The van der Waals surface area contributed by atoms with E-state index in [0.717, 1.165) is 48.6 Å². The van der Waals surface area contributed by atoms with Crippen LogP contribution in [-0.2, 0) is 11.2 Å². The number of rotatable bonds is 5. The van der Waals surface area contributed by atoms with E-state index in [-0.39, 0.29) is 23.7 Å². The van der Waals surface area contributed by atoms with E-state index in [4.69, 9.17) is 5.73 Å². The number of hydrogen-bond donors (Lipinski definition) is 2. The van der Waals surface area contributed by atoms with Crippen molar-refractivity contribution in [1.82, 2.24) is 19.5 Å². The molecule has 1 aliphatic rings. The highest BCUT2D eigenvalue weighted by Gasteiger charge is 2.33. The molecule has 0 radical (unpaired) electrons. The molecule has 1 atom stereocenters. The van der Waals surface area contributed by atoms with E-state index in [9.17, 15) is 9.90 Å². The molecule has 0 spiro atoms. The first-order chi connectivity index (χ1) is 13.5. The van der Waals surface area contributed by atoms with Crippen molar-refractivity contribution in [3.05, 3.63) is 46.1 Å². The summed E-state index contributed by atoms with van der Waals surface area (Å²) in [5.41, 5.74) is 7.80. The molecule has 0 aliphatic carbocycles. The van der Waals surface area contributed by atoms with Crippen molar-refractivity contribution in [2.45, 2.75) is 39.2 Å². The van der Waals surface area contributed by atoms with Gasteiger partial charge in [0.25, 0.3) is 0 Å². The van der Waals surface area contributed by atoms with Gasteiger partial charge in [-0.3, -0.25) is 9.69 Å². The van der Waals surface area contributed by atoms with Crippen LogP contribution in [0, 0.1) is 12.8 Å². The number of aromatic hydroxyl groups is 1. The van der Waals surface area contributed by atoms with Gasteiger partial charge in [-0.25, -0.2) is 4.98 Å².